The van der Waals surface area contributed by atoms with Crippen LogP contribution < -0.4 is 5.32 Å². The highest BCUT2D eigenvalue weighted by molar-refractivity contribution is 9.10. The lowest BCUT2D eigenvalue weighted by Gasteiger charge is -2.09. The maximum Gasteiger partial charge on any atom is 0.252 e. The maximum absolute atomic E-state index is 12.1. The molecule has 1 aromatic heterocycles. The van der Waals surface area contributed by atoms with Crippen molar-refractivity contribution < 1.29 is 4.79 Å². The fourth-order valence-electron chi connectivity index (χ4n) is 2.01. The summed E-state index contributed by atoms with van der Waals surface area (Å²) in [5.41, 5.74) is 2.45. The van der Waals surface area contributed by atoms with Crippen LogP contribution >= 0.6 is 15.9 Å². The highest BCUT2D eigenvalue weighted by Gasteiger charge is 2.12. The summed E-state index contributed by atoms with van der Waals surface area (Å²) in [6, 6.07) is 9.65. The number of carbonyl (C=O) groups excluding carboxylic acids is 1. The number of carbonyl (C=O) groups is 1. The summed E-state index contributed by atoms with van der Waals surface area (Å²) in [5.74, 6) is 0.562. The molecule has 1 aromatic carbocycles. The van der Waals surface area contributed by atoms with E-state index in [4.69, 9.17) is 0 Å². The lowest BCUT2D eigenvalue weighted by Crippen LogP contribution is -2.15. The molecule has 0 atom stereocenters. The Bertz CT molecular complexity index is 689. The lowest BCUT2D eigenvalue weighted by atomic mass is 10.2. The first-order valence-electron chi connectivity index (χ1n) is 6.82. The average molecular weight is 348 g/mol. The van der Waals surface area contributed by atoms with Crippen LogP contribution in [-0.4, -0.2) is 15.7 Å². The molecule has 4 nitrogen and oxygen atoms in total. The van der Waals surface area contributed by atoms with E-state index in [2.05, 4.69) is 26.3 Å². The quantitative estimate of drug-likeness (QED) is 0.840. The van der Waals surface area contributed by atoms with Gasteiger partial charge < -0.3 is 5.32 Å². The molecule has 0 saturated heterocycles. The zero-order valence-corrected chi connectivity index (χ0v) is 13.9. The minimum Gasteiger partial charge on any atom is -0.307 e. The SMILES string of the molecule is CC/C=C(/C)C(=O)Nc1cc(C)nn1-c1cccc(Br)c1. The maximum atomic E-state index is 12.1. The predicted octanol–water partition coefficient (Wildman–Crippen LogP) is 4.24. The summed E-state index contributed by atoms with van der Waals surface area (Å²) in [5, 5.41) is 7.35. The molecule has 0 aliphatic carbocycles. The summed E-state index contributed by atoms with van der Waals surface area (Å²) < 4.78 is 2.70. The normalized spacial score (nSPS) is 11.5. The first kappa shape index (κ1) is 15.5. The van der Waals surface area contributed by atoms with E-state index in [9.17, 15) is 4.79 Å². The second kappa shape index (κ2) is 6.72. The van der Waals surface area contributed by atoms with Crippen LogP contribution in [-0.2, 0) is 4.79 Å². The minimum absolute atomic E-state index is 0.104. The number of nitrogens with zero attached hydrogens (tertiary/aromatic N) is 2. The minimum atomic E-state index is -0.104. The van der Waals surface area contributed by atoms with Crippen LogP contribution in [0.4, 0.5) is 5.82 Å². The number of anilines is 1. The molecule has 0 fully saturated rings. The van der Waals surface area contributed by atoms with Crippen LogP contribution in [0, 0.1) is 6.92 Å². The molecular weight excluding hydrogens is 330 g/mol. The largest absolute Gasteiger partial charge is 0.307 e. The molecule has 0 aliphatic rings. The summed E-state index contributed by atoms with van der Waals surface area (Å²) in [7, 11) is 0. The molecule has 0 radical (unpaired) electrons. The van der Waals surface area contributed by atoms with Gasteiger partial charge in [-0.1, -0.05) is 35.0 Å². The van der Waals surface area contributed by atoms with E-state index >= 15 is 0 Å². The summed E-state index contributed by atoms with van der Waals surface area (Å²) >= 11 is 3.45. The molecule has 0 saturated carbocycles. The third-order valence-electron chi connectivity index (χ3n) is 2.99. The number of nitrogens with one attached hydrogen (secondary N) is 1. The first-order chi connectivity index (χ1) is 10.0. The van der Waals surface area contributed by atoms with Crippen molar-refractivity contribution in [2.45, 2.75) is 27.2 Å². The van der Waals surface area contributed by atoms with Gasteiger partial charge >= 0.3 is 0 Å². The van der Waals surface area contributed by atoms with Crippen molar-refractivity contribution in [1.29, 1.82) is 0 Å². The molecule has 0 aliphatic heterocycles. The highest BCUT2D eigenvalue weighted by atomic mass is 79.9. The van der Waals surface area contributed by atoms with Crippen LogP contribution in [0.15, 0.2) is 46.5 Å². The van der Waals surface area contributed by atoms with Crippen molar-refractivity contribution in [3.05, 3.63) is 52.1 Å². The summed E-state index contributed by atoms with van der Waals surface area (Å²) in [6.07, 6.45) is 2.74. The number of amides is 1. The monoisotopic (exact) mass is 347 g/mol. The number of halogens is 1. The highest BCUT2D eigenvalue weighted by Crippen LogP contribution is 2.20. The van der Waals surface area contributed by atoms with Gasteiger partial charge in [0.2, 0.25) is 0 Å². The zero-order valence-electron chi connectivity index (χ0n) is 12.4. The van der Waals surface area contributed by atoms with E-state index in [1.807, 2.05) is 57.2 Å². The standard InChI is InChI=1S/C16H18BrN3O/c1-4-6-11(2)16(21)18-15-9-12(3)19-20(15)14-8-5-7-13(17)10-14/h5-10H,4H2,1-3H3,(H,18,21)/b11-6-. The Kier molecular flexibility index (Phi) is 4.96. The third-order valence-corrected chi connectivity index (χ3v) is 3.49. The summed E-state index contributed by atoms with van der Waals surface area (Å²) in [6.45, 7) is 5.72. The van der Waals surface area contributed by atoms with Gasteiger partial charge in [0.25, 0.3) is 5.91 Å². The topological polar surface area (TPSA) is 46.9 Å². The Morgan fingerprint density at radius 2 is 2.19 bits per heavy atom. The Morgan fingerprint density at radius 3 is 2.86 bits per heavy atom. The van der Waals surface area contributed by atoms with Crippen LogP contribution in [0.5, 0.6) is 0 Å². The van der Waals surface area contributed by atoms with E-state index < -0.39 is 0 Å². The van der Waals surface area contributed by atoms with Crippen molar-refractivity contribution in [3.63, 3.8) is 0 Å². The molecule has 5 heteroatoms. The number of rotatable bonds is 4. The molecule has 0 bridgehead atoms. The Hall–Kier alpha value is -1.88. The van der Waals surface area contributed by atoms with Crippen molar-refractivity contribution in [2.24, 2.45) is 0 Å². The Labute approximate surface area is 133 Å². The van der Waals surface area contributed by atoms with Gasteiger partial charge in [-0.15, -0.1) is 0 Å². The van der Waals surface area contributed by atoms with Crippen molar-refractivity contribution in [2.75, 3.05) is 5.32 Å². The molecule has 110 valence electrons. The van der Waals surface area contributed by atoms with Gasteiger partial charge in [0.15, 0.2) is 0 Å². The van der Waals surface area contributed by atoms with E-state index in [1.165, 1.54) is 0 Å². The van der Waals surface area contributed by atoms with E-state index in [0.29, 0.717) is 11.4 Å². The second-order valence-corrected chi connectivity index (χ2v) is 5.73. The number of aryl methyl sites for hydroxylation is 1. The number of hydrogen-bond acceptors (Lipinski definition) is 2. The Balaban J connectivity index is 2.34. The smallest absolute Gasteiger partial charge is 0.252 e. The van der Waals surface area contributed by atoms with Gasteiger partial charge in [-0.2, -0.15) is 5.10 Å². The van der Waals surface area contributed by atoms with Gasteiger partial charge in [-0.25, -0.2) is 4.68 Å². The van der Waals surface area contributed by atoms with Gasteiger partial charge in [-0.05, 0) is 38.5 Å². The van der Waals surface area contributed by atoms with E-state index in [0.717, 1.165) is 22.3 Å². The molecular formula is C16H18BrN3O. The van der Waals surface area contributed by atoms with Crippen molar-refractivity contribution in [3.8, 4) is 5.69 Å². The van der Waals surface area contributed by atoms with E-state index in [1.54, 1.807) is 4.68 Å². The molecule has 21 heavy (non-hydrogen) atoms. The predicted molar refractivity (Wildman–Crippen MR) is 88.7 cm³/mol. The van der Waals surface area contributed by atoms with E-state index in [-0.39, 0.29) is 5.91 Å². The Morgan fingerprint density at radius 1 is 1.43 bits per heavy atom. The molecule has 2 rings (SSSR count). The van der Waals surface area contributed by atoms with Crippen molar-refractivity contribution in [1.82, 2.24) is 9.78 Å². The molecule has 0 spiro atoms. The molecule has 1 heterocycles. The van der Waals surface area contributed by atoms with Crippen LogP contribution in [0.3, 0.4) is 0 Å². The second-order valence-electron chi connectivity index (χ2n) is 4.81. The molecule has 0 unspecified atom stereocenters. The molecule has 2 aromatic rings. The van der Waals surface area contributed by atoms with Gasteiger partial charge in [0.1, 0.15) is 5.82 Å². The fraction of sp³-hybridized carbons (Fsp3) is 0.250. The van der Waals surface area contributed by atoms with Gasteiger partial charge in [-0.3, -0.25) is 4.79 Å². The van der Waals surface area contributed by atoms with Gasteiger partial charge in [0.05, 0.1) is 11.4 Å². The van der Waals surface area contributed by atoms with Crippen LogP contribution in [0.25, 0.3) is 5.69 Å². The van der Waals surface area contributed by atoms with Crippen LogP contribution in [0.2, 0.25) is 0 Å². The average Bonchev–Trinajstić information content (AvgIpc) is 2.80. The first-order valence-corrected chi connectivity index (χ1v) is 7.61. The molecule has 1 N–H and O–H groups in total. The van der Waals surface area contributed by atoms with Crippen LogP contribution in [0.1, 0.15) is 26.0 Å². The number of allylic oxidation sites excluding steroid dienone is 1. The zero-order chi connectivity index (χ0) is 15.4. The fourth-order valence-corrected chi connectivity index (χ4v) is 2.39. The van der Waals surface area contributed by atoms with Crippen molar-refractivity contribution >= 4 is 27.7 Å². The summed E-state index contributed by atoms with van der Waals surface area (Å²) in [4.78, 5) is 12.1. The van der Waals surface area contributed by atoms with Gasteiger partial charge in [0, 0.05) is 16.1 Å². The number of aromatic nitrogens is 2. The number of hydrogen-bond donors (Lipinski definition) is 1. The number of benzene rings is 1. The third kappa shape index (κ3) is 3.82. The molecule has 1 amide bonds. The lowest BCUT2D eigenvalue weighted by molar-refractivity contribution is -0.112.